The van der Waals surface area contributed by atoms with Crippen molar-refractivity contribution < 1.29 is 4.42 Å². The molecule has 0 unspecified atom stereocenters. The Balaban J connectivity index is 1.40. The van der Waals surface area contributed by atoms with Crippen LogP contribution in [-0.4, -0.2) is 19.7 Å². The molecule has 0 aliphatic rings. The van der Waals surface area contributed by atoms with Crippen molar-refractivity contribution in [2.24, 2.45) is 0 Å². The highest BCUT2D eigenvalue weighted by molar-refractivity contribution is 5.86. The molecule has 4 aromatic carbocycles. The monoisotopic (exact) mass is 416 g/mol. The number of nitrogens with zero attached hydrogens (tertiary/aromatic N) is 4. The minimum atomic E-state index is 0.473. The van der Waals surface area contributed by atoms with E-state index in [2.05, 4.69) is 63.3 Å². The SMILES string of the molecule is c1ccc(-c2nnc(Cn3c(Cc4cccc5ccccc45)nc4ccccc43)o2)cc1. The van der Waals surface area contributed by atoms with E-state index in [1.54, 1.807) is 0 Å². The summed E-state index contributed by atoms with van der Waals surface area (Å²) >= 11 is 0. The lowest BCUT2D eigenvalue weighted by Gasteiger charge is -2.09. The molecule has 0 N–H and O–H groups in total. The maximum Gasteiger partial charge on any atom is 0.247 e. The minimum Gasteiger partial charge on any atom is -0.419 e. The van der Waals surface area contributed by atoms with Crippen molar-refractivity contribution in [1.82, 2.24) is 19.7 Å². The van der Waals surface area contributed by atoms with Gasteiger partial charge in [-0.15, -0.1) is 10.2 Å². The molecule has 6 aromatic rings. The first-order valence-electron chi connectivity index (χ1n) is 10.6. The molecule has 0 saturated heterocycles. The van der Waals surface area contributed by atoms with E-state index < -0.39 is 0 Å². The zero-order valence-corrected chi connectivity index (χ0v) is 17.3. The lowest BCUT2D eigenvalue weighted by molar-refractivity contribution is 0.487. The van der Waals surface area contributed by atoms with Crippen molar-refractivity contribution in [3.63, 3.8) is 0 Å². The summed E-state index contributed by atoms with van der Waals surface area (Å²) in [6.45, 7) is 0.473. The van der Waals surface area contributed by atoms with Gasteiger partial charge >= 0.3 is 0 Å². The third-order valence-corrected chi connectivity index (χ3v) is 5.74. The summed E-state index contributed by atoms with van der Waals surface area (Å²) in [6, 6.07) is 32.9. The van der Waals surface area contributed by atoms with E-state index in [0.29, 0.717) is 18.3 Å². The number of rotatable bonds is 5. The molecule has 0 saturated carbocycles. The van der Waals surface area contributed by atoms with Gasteiger partial charge in [0.15, 0.2) is 0 Å². The molecule has 0 amide bonds. The second kappa shape index (κ2) is 7.78. The van der Waals surface area contributed by atoms with Crippen LogP contribution in [0.25, 0.3) is 33.3 Å². The zero-order valence-electron chi connectivity index (χ0n) is 17.3. The van der Waals surface area contributed by atoms with Crippen LogP contribution < -0.4 is 0 Å². The smallest absolute Gasteiger partial charge is 0.247 e. The fourth-order valence-corrected chi connectivity index (χ4v) is 4.20. The first-order chi connectivity index (χ1) is 15.8. The Morgan fingerprint density at radius 3 is 2.44 bits per heavy atom. The van der Waals surface area contributed by atoms with Gasteiger partial charge in [0.25, 0.3) is 0 Å². The van der Waals surface area contributed by atoms with Gasteiger partial charge < -0.3 is 8.98 Å². The fraction of sp³-hybridized carbons (Fsp3) is 0.0741. The van der Waals surface area contributed by atoms with E-state index in [1.807, 2.05) is 48.5 Å². The fourth-order valence-electron chi connectivity index (χ4n) is 4.20. The van der Waals surface area contributed by atoms with E-state index in [1.165, 1.54) is 16.3 Å². The maximum absolute atomic E-state index is 6.00. The highest BCUT2D eigenvalue weighted by Crippen LogP contribution is 2.25. The minimum absolute atomic E-state index is 0.473. The van der Waals surface area contributed by atoms with Crippen LogP contribution in [0.1, 0.15) is 17.3 Å². The van der Waals surface area contributed by atoms with Crippen LogP contribution in [-0.2, 0) is 13.0 Å². The van der Waals surface area contributed by atoms with Gasteiger partial charge in [-0.3, -0.25) is 0 Å². The molecule has 0 fully saturated rings. The maximum atomic E-state index is 6.00. The number of aromatic nitrogens is 4. The standard InChI is InChI=1S/C27H20N4O/c1-2-10-20(11-3-1)27-30-29-26(32-27)18-31-24-16-7-6-15-23(24)28-25(31)17-21-13-8-12-19-9-4-5-14-22(19)21/h1-16H,17-18H2. The molecule has 0 atom stereocenters. The van der Waals surface area contributed by atoms with Gasteiger partial charge in [-0.25, -0.2) is 4.98 Å². The van der Waals surface area contributed by atoms with Crippen LogP contribution in [0.3, 0.4) is 0 Å². The van der Waals surface area contributed by atoms with Crippen LogP contribution in [0.15, 0.2) is 101 Å². The molecule has 0 spiro atoms. The van der Waals surface area contributed by atoms with Gasteiger partial charge in [-0.05, 0) is 40.6 Å². The van der Waals surface area contributed by atoms with Gasteiger partial charge in [0, 0.05) is 12.0 Å². The molecule has 154 valence electrons. The average molecular weight is 416 g/mol. The van der Waals surface area contributed by atoms with E-state index in [0.717, 1.165) is 28.8 Å². The number of fused-ring (bicyclic) bond motifs is 2. The van der Waals surface area contributed by atoms with E-state index in [4.69, 9.17) is 9.40 Å². The Morgan fingerprint density at radius 1 is 0.719 bits per heavy atom. The number of benzene rings is 4. The number of hydrogen-bond acceptors (Lipinski definition) is 4. The summed E-state index contributed by atoms with van der Waals surface area (Å²) in [4.78, 5) is 4.95. The number of imidazole rings is 1. The third kappa shape index (κ3) is 3.34. The lowest BCUT2D eigenvalue weighted by Crippen LogP contribution is -2.06. The van der Waals surface area contributed by atoms with Crippen LogP contribution in [0, 0.1) is 0 Å². The molecule has 0 aliphatic carbocycles. The Hall–Kier alpha value is -4.25. The van der Waals surface area contributed by atoms with Crippen LogP contribution in [0.2, 0.25) is 0 Å². The Labute approximate surface area is 185 Å². The molecule has 32 heavy (non-hydrogen) atoms. The molecule has 2 heterocycles. The summed E-state index contributed by atoms with van der Waals surface area (Å²) in [6.07, 6.45) is 0.718. The van der Waals surface area contributed by atoms with E-state index in [9.17, 15) is 0 Å². The normalized spacial score (nSPS) is 11.4. The zero-order chi connectivity index (χ0) is 21.3. The summed E-state index contributed by atoms with van der Waals surface area (Å²) in [5, 5.41) is 11.0. The molecule has 5 heteroatoms. The summed E-state index contributed by atoms with van der Waals surface area (Å²) in [7, 11) is 0. The first kappa shape index (κ1) is 18.5. The van der Waals surface area contributed by atoms with Crippen molar-refractivity contribution in [1.29, 1.82) is 0 Å². The van der Waals surface area contributed by atoms with Gasteiger partial charge in [-0.2, -0.15) is 0 Å². The van der Waals surface area contributed by atoms with E-state index in [-0.39, 0.29) is 0 Å². The van der Waals surface area contributed by atoms with Crippen LogP contribution >= 0.6 is 0 Å². The second-order valence-corrected chi connectivity index (χ2v) is 7.78. The summed E-state index contributed by atoms with van der Waals surface area (Å²) in [5.41, 5.74) is 4.18. The summed E-state index contributed by atoms with van der Waals surface area (Å²) in [5.74, 6) is 2.06. The number of hydrogen-bond donors (Lipinski definition) is 0. The highest BCUT2D eigenvalue weighted by Gasteiger charge is 2.16. The highest BCUT2D eigenvalue weighted by atomic mass is 16.4. The average Bonchev–Trinajstić information content (AvgIpc) is 3.45. The lowest BCUT2D eigenvalue weighted by atomic mass is 10.0. The summed E-state index contributed by atoms with van der Waals surface area (Å²) < 4.78 is 8.18. The first-order valence-corrected chi connectivity index (χ1v) is 10.6. The van der Waals surface area contributed by atoms with Gasteiger partial charge in [0.1, 0.15) is 12.4 Å². The molecular weight excluding hydrogens is 396 g/mol. The predicted octanol–water partition coefficient (Wildman–Crippen LogP) is 5.88. The molecule has 6 rings (SSSR count). The van der Waals surface area contributed by atoms with Crippen molar-refractivity contribution in [2.75, 3.05) is 0 Å². The Morgan fingerprint density at radius 2 is 1.50 bits per heavy atom. The molecule has 2 aromatic heterocycles. The topological polar surface area (TPSA) is 56.7 Å². The Kier molecular flexibility index (Phi) is 4.50. The second-order valence-electron chi connectivity index (χ2n) is 7.78. The third-order valence-electron chi connectivity index (χ3n) is 5.74. The van der Waals surface area contributed by atoms with Gasteiger partial charge in [0.2, 0.25) is 11.8 Å². The molecular formula is C27H20N4O. The quantitative estimate of drug-likeness (QED) is 0.352. The molecule has 0 bridgehead atoms. The van der Waals surface area contributed by atoms with Gasteiger partial charge in [-0.1, -0.05) is 72.8 Å². The molecule has 5 nitrogen and oxygen atoms in total. The van der Waals surface area contributed by atoms with Crippen LogP contribution in [0.4, 0.5) is 0 Å². The van der Waals surface area contributed by atoms with E-state index >= 15 is 0 Å². The largest absolute Gasteiger partial charge is 0.419 e. The number of para-hydroxylation sites is 2. The van der Waals surface area contributed by atoms with Gasteiger partial charge in [0.05, 0.1) is 11.0 Å². The van der Waals surface area contributed by atoms with Crippen molar-refractivity contribution in [3.05, 3.63) is 114 Å². The van der Waals surface area contributed by atoms with Crippen molar-refractivity contribution in [3.8, 4) is 11.5 Å². The predicted molar refractivity (Wildman–Crippen MR) is 125 cm³/mol. The molecule has 0 aliphatic heterocycles. The van der Waals surface area contributed by atoms with Crippen molar-refractivity contribution >= 4 is 21.8 Å². The van der Waals surface area contributed by atoms with Crippen LogP contribution in [0.5, 0.6) is 0 Å². The molecule has 0 radical (unpaired) electrons. The Bertz CT molecular complexity index is 1530. The van der Waals surface area contributed by atoms with Crippen molar-refractivity contribution in [2.45, 2.75) is 13.0 Å².